The largest absolute Gasteiger partial charge is 0.390 e. The standard InChI is InChI=1S/C10H17N7S/c1-2-14-5-6(3-11)15-10-16-8(13)7(4-12)9(18)17-10/h4-5,12,14H,2-3,11H2,1H3,(H4,13,15,16,17,18)/b6-5+,12-4?. The Kier molecular flexibility index (Phi) is 5.28. The molecule has 18 heavy (non-hydrogen) atoms. The first-order chi connectivity index (χ1) is 8.62. The molecule has 0 fully saturated rings. The fourth-order valence-corrected chi connectivity index (χ4v) is 1.48. The molecule has 0 saturated carbocycles. The molecule has 0 aromatic carbocycles. The number of anilines is 2. The smallest absolute Gasteiger partial charge is 0.207 e. The van der Waals surface area contributed by atoms with Crippen LogP contribution in [0.4, 0.5) is 11.8 Å². The van der Waals surface area contributed by atoms with Gasteiger partial charge in [-0.15, -0.1) is 0 Å². The zero-order valence-electron chi connectivity index (χ0n) is 10.1. The van der Waals surface area contributed by atoms with E-state index in [0.717, 1.165) is 18.5 Å². The summed E-state index contributed by atoms with van der Waals surface area (Å²) in [6.45, 7) is 3.10. The summed E-state index contributed by atoms with van der Waals surface area (Å²) in [5, 5.41) is 13.2. The molecule has 1 heterocycles. The maximum absolute atomic E-state index is 7.17. The average Bonchev–Trinajstić information content (AvgIpc) is 2.34. The van der Waals surface area contributed by atoms with Crippen LogP contribution in [0.1, 0.15) is 12.5 Å². The number of nitrogens with zero attached hydrogens (tertiary/aromatic N) is 1. The van der Waals surface area contributed by atoms with Crippen LogP contribution in [0.5, 0.6) is 0 Å². The van der Waals surface area contributed by atoms with E-state index in [4.69, 9.17) is 29.1 Å². The zero-order valence-corrected chi connectivity index (χ0v) is 10.9. The summed E-state index contributed by atoms with van der Waals surface area (Å²) in [6.07, 6.45) is 2.84. The van der Waals surface area contributed by atoms with Crippen LogP contribution in [-0.4, -0.2) is 29.3 Å². The van der Waals surface area contributed by atoms with Crippen LogP contribution in [0, 0.1) is 10.0 Å². The third kappa shape index (κ3) is 3.54. The normalized spacial score (nSPS) is 11.1. The quantitative estimate of drug-likeness (QED) is 0.330. The van der Waals surface area contributed by atoms with Gasteiger partial charge in [0, 0.05) is 31.2 Å². The van der Waals surface area contributed by atoms with Crippen molar-refractivity contribution >= 4 is 30.2 Å². The minimum atomic E-state index is 0.267. The Bertz CT molecular complexity index is 505. The molecule has 7 nitrogen and oxygen atoms in total. The molecule has 0 bridgehead atoms. The second-order valence-electron chi connectivity index (χ2n) is 3.42. The summed E-state index contributed by atoms with van der Waals surface area (Å²) in [5.41, 5.74) is 12.5. The maximum atomic E-state index is 7.17. The SMILES string of the molecule is CCN/C=C(\CN)Nc1nc(=S)c(C=N)c(N)[nH]1. The van der Waals surface area contributed by atoms with Crippen LogP contribution in [0.3, 0.4) is 0 Å². The molecule has 0 radical (unpaired) electrons. The highest BCUT2D eigenvalue weighted by Gasteiger charge is 2.04. The van der Waals surface area contributed by atoms with Crippen molar-refractivity contribution in [1.29, 1.82) is 5.41 Å². The van der Waals surface area contributed by atoms with E-state index in [0.29, 0.717) is 23.9 Å². The molecule has 0 atom stereocenters. The molecule has 8 heteroatoms. The van der Waals surface area contributed by atoms with Crippen molar-refractivity contribution in [3.8, 4) is 0 Å². The van der Waals surface area contributed by atoms with Gasteiger partial charge < -0.3 is 32.5 Å². The topological polar surface area (TPSA) is 129 Å². The predicted molar refractivity (Wildman–Crippen MR) is 76.2 cm³/mol. The summed E-state index contributed by atoms with van der Waals surface area (Å²) >= 11 is 5.03. The Hall–Kier alpha value is -1.93. The first-order valence-electron chi connectivity index (χ1n) is 5.42. The van der Waals surface area contributed by atoms with Crippen molar-refractivity contribution in [3.63, 3.8) is 0 Å². The molecular formula is C10H17N7S. The van der Waals surface area contributed by atoms with Crippen molar-refractivity contribution in [1.82, 2.24) is 15.3 Å². The van der Waals surface area contributed by atoms with E-state index >= 15 is 0 Å². The molecule has 0 aliphatic rings. The molecule has 0 saturated heterocycles. The van der Waals surface area contributed by atoms with Crippen LogP contribution in [0.2, 0.25) is 0 Å². The fraction of sp³-hybridized carbons (Fsp3) is 0.300. The number of nitrogens with two attached hydrogens (primary N) is 2. The van der Waals surface area contributed by atoms with E-state index < -0.39 is 0 Å². The molecule has 0 unspecified atom stereocenters. The number of aromatic nitrogens is 2. The lowest BCUT2D eigenvalue weighted by Gasteiger charge is -2.10. The van der Waals surface area contributed by atoms with E-state index in [1.165, 1.54) is 0 Å². The maximum Gasteiger partial charge on any atom is 0.207 e. The average molecular weight is 267 g/mol. The van der Waals surface area contributed by atoms with Gasteiger partial charge in [-0.05, 0) is 6.92 Å². The predicted octanol–water partition coefficient (Wildman–Crippen LogP) is 0.541. The second kappa shape index (κ2) is 6.72. The number of aromatic amines is 1. The van der Waals surface area contributed by atoms with Crippen molar-refractivity contribution in [2.45, 2.75) is 6.92 Å². The van der Waals surface area contributed by atoms with Gasteiger partial charge in [0.25, 0.3) is 0 Å². The van der Waals surface area contributed by atoms with Gasteiger partial charge in [-0.1, -0.05) is 12.2 Å². The van der Waals surface area contributed by atoms with Gasteiger partial charge in [0.1, 0.15) is 10.5 Å². The molecule has 1 aromatic rings. The van der Waals surface area contributed by atoms with Crippen LogP contribution in [0.15, 0.2) is 11.9 Å². The van der Waals surface area contributed by atoms with Crippen LogP contribution < -0.4 is 22.1 Å². The number of nitrogen functional groups attached to an aromatic ring is 1. The Balaban J connectivity index is 2.98. The van der Waals surface area contributed by atoms with E-state index in [9.17, 15) is 0 Å². The molecule has 0 aliphatic carbocycles. The van der Waals surface area contributed by atoms with Crippen molar-refractivity contribution in [3.05, 3.63) is 22.1 Å². The van der Waals surface area contributed by atoms with Gasteiger partial charge >= 0.3 is 0 Å². The molecule has 0 aliphatic heterocycles. The monoisotopic (exact) mass is 267 g/mol. The van der Waals surface area contributed by atoms with Crippen LogP contribution >= 0.6 is 12.2 Å². The third-order valence-corrected chi connectivity index (χ3v) is 2.42. The molecule has 1 aromatic heterocycles. The van der Waals surface area contributed by atoms with Crippen LogP contribution in [0.25, 0.3) is 0 Å². The molecule has 0 amide bonds. The van der Waals surface area contributed by atoms with Gasteiger partial charge in [0.05, 0.1) is 5.56 Å². The fourth-order valence-electron chi connectivity index (χ4n) is 1.22. The summed E-state index contributed by atoms with van der Waals surface area (Å²) in [4.78, 5) is 6.92. The Labute approximate surface area is 110 Å². The third-order valence-electron chi connectivity index (χ3n) is 2.11. The highest BCUT2D eigenvalue weighted by atomic mass is 32.1. The summed E-state index contributed by atoms with van der Waals surface area (Å²) in [7, 11) is 0. The Morgan fingerprint density at radius 1 is 1.61 bits per heavy atom. The lowest BCUT2D eigenvalue weighted by molar-refractivity contribution is 0.898. The summed E-state index contributed by atoms with van der Waals surface area (Å²) in [5.74, 6) is 0.699. The number of hydrogen-bond acceptors (Lipinski definition) is 7. The molecule has 1 rings (SSSR count). The van der Waals surface area contributed by atoms with Gasteiger partial charge in [-0.25, -0.2) is 4.98 Å². The Morgan fingerprint density at radius 3 is 2.83 bits per heavy atom. The second-order valence-corrected chi connectivity index (χ2v) is 3.81. The summed E-state index contributed by atoms with van der Waals surface area (Å²) in [6, 6.07) is 0. The zero-order chi connectivity index (χ0) is 13.5. The van der Waals surface area contributed by atoms with Crippen LogP contribution in [-0.2, 0) is 0 Å². The minimum absolute atomic E-state index is 0.267. The van der Waals surface area contributed by atoms with Gasteiger partial charge in [-0.2, -0.15) is 0 Å². The first kappa shape index (κ1) is 14.1. The lowest BCUT2D eigenvalue weighted by atomic mass is 10.3. The van der Waals surface area contributed by atoms with E-state index in [1.807, 2.05) is 6.92 Å². The number of hydrogen-bond donors (Lipinski definition) is 6. The molecular weight excluding hydrogens is 250 g/mol. The number of rotatable bonds is 6. The molecule has 0 spiro atoms. The molecule has 98 valence electrons. The van der Waals surface area contributed by atoms with E-state index in [2.05, 4.69) is 20.6 Å². The minimum Gasteiger partial charge on any atom is -0.390 e. The highest BCUT2D eigenvalue weighted by molar-refractivity contribution is 7.71. The van der Waals surface area contributed by atoms with Crippen molar-refractivity contribution in [2.75, 3.05) is 24.1 Å². The Morgan fingerprint density at radius 2 is 2.33 bits per heavy atom. The van der Waals surface area contributed by atoms with E-state index in [1.54, 1.807) is 6.20 Å². The number of H-pyrrole nitrogens is 1. The van der Waals surface area contributed by atoms with E-state index in [-0.39, 0.29) is 4.64 Å². The highest BCUT2D eigenvalue weighted by Crippen LogP contribution is 2.11. The summed E-state index contributed by atoms with van der Waals surface area (Å²) < 4.78 is 0.267. The first-order valence-corrected chi connectivity index (χ1v) is 5.83. The van der Waals surface area contributed by atoms with Gasteiger partial charge in [-0.3, -0.25) is 0 Å². The lowest BCUT2D eigenvalue weighted by Crippen LogP contribution is -2.17. The van der Waals surface area contributed by atoms with Crippen molar-refractivity contribution < 1.29 is 0 Å². The van der Waals surface area contributed by atoms with Crippen molar-refractivity contribution in [2.24, 2.45) is 5.73 Å². The molecule has 8 N–H and O–H groups in total. The van der Waals surface area contributed by atoms with Gasteiger partial charge in [0.2, 0.25) is 5.95 Å². The van der Waals surface area contributed by atoms with Gasteiger partial charge in [0.15, 0.2) is 0 Å². The number of nitrogens with one attached hydrogen (secondary N) is 4.